The van der Waals surface area contributed by atoms with E-state index in [0.717, 1.165) is 12.2 Å². The molecule has 0 fully saturated rings. The van der Waals surface area contributed by atoms with Gasteiger partial charge in [0.05, 0.1) is 33.9 Å². The van der Waals surface area contributed by atoms with Crippen LogP contribution in [0.1, 0.15) is 116 Å². The first-order valence-electron chi connectivity index (χ1n) is 15.4. The summed E-state index contributed by atoms with van der Waals surface area (Å²) in [5, 5.41) is 8.79. The van der Waals surface area contributed by atoms with Crippen LogP contribution < -0.4 is 0 Å². The molecule has 0 amide bonds. The fourth-order valence-electron chi connectivity index (χ4n) is 4.03. The Morgan fingerprint density at radius 1 is 0.795 bits per heavy atom. The van der Waals surface area contributed by atoms with Gasteiger partial charge in [0.15, 0.2) is 0 Å². The summed E-state index contributed by atoms with van der Waals surface area (Å²) in [5.41, 5.74) is 0. The van der Waals surface area contributed by atoms with Gasteiger partial charge in [-0.3, -0.25) is 13.8 Å². The first kappa shape index (κ1) is 38.9. The van der Waals surface area contributed by atoms with Gasteiger partial charge in [0.25, 0.3) is 0 Å². The number of hydrogen-bond donors (Lipinski definition) is 2. The van der Waals surface area contributed by atoms with E-state index in [2.05, 4.69) is 6.92 Å². The first-order valence-corrected chi connectivity index (χ1v) is 18.0. The molecule has 0 heterocycles. The van der Waals surface area contributed by atoms with Gasteiger partial charge in [-0.05, 0) is 25.0 Å². The van der Waals surface area contributed by atoms with E-state index in [1.165, 1.54) is 83.5 Å². The molecule has 2 atom stereocenters. The third-order valence-corrected chi connectivity index (χ3v) is 8.69. The molecule has 0 aliphatic carbocycles. The first-order chi connectivity index (χ1) is 18.6. The topological polar surface area (TPSA) is 102 Å². The van der Waals surface area contributed by atoms with Crippen LogP contribution in [0.25, 0.3) is 0 Å². The van der Waals surface area contributed by atoms with Gasteiger partial charge in [-0.1, -0.05) is 90.4 Å². The fourth-order valence-corrected chi connectivity index (χ4v) is 5.80. The lowest BCUT2D eigenvalue weighted by atomic mass is 10.0. The number of nitrogens with zero attached hydrogens (tertiary/aromatic N) is 1. The van der Waals surface area contributed by atoms with Gasteiger partial charge in [-0.25, -0.2) is 4.57 Å². The number of likely N-dealkylation sites (N-methyl/N-ethyl adjacent to an activating group) is 1. The zero-order valence-corrected chi connectivity index (χ0v) is 27.3. The van der Waals surface area contributed by atoms with Crippen LogP contribution in [0.2, 0.25) is 0 Å². The summed E-state index contributed by atoms with van der Waals surface area (Å²) in [6, 6.07) is 0. The molecule has 0 aliphatic heterocycles. The standard InChI is InChI=1S/C29H60NO7PS/c1-5-6-7-8-9-10-11-12-13-14-15-16-17-20-25-39-27-28(35-23-19-18-21-29(31)32)26-37-38(33,34)36-24-22-30(2,3)4/h28H,5-27H2,1-4H3,(H-,31,32,33,34)/p+1. The van der Waals surface area contributed by atoms with E-state index < -0.39 is 13.8 Å². The molecule has 234 valence electrons. The molecule has 0 aromatic heterocycles. The molecule has 0 aromatic rings. The predicted molar refractivity (Wildman–Crippen MR) is 163 cm³/mol. The lowest BCUT2D eigenvalue weighted by Crippen LogP contribution is -2.37. The summed E-state index contributed by atoms with van der Waals surface area (Å²) in [7, 11) is 1.80. The molecule has 0 rings (SSSR count). The molecular formula is C29H61NO7PS+. The Morgan fingerprint density at radius 2 is 1.33 bits per heavy atom. The number of phosphoric ester groups is 1. The second kappa shape index (κ2) is 25.6. The molecule has 0 spiro atoms. The van der Waals surface area contributed by atoms with Crippen LogP contribution in [0.5, 0.6) is 0 Å². The summed E-state index contributed by atoms with van der Waals surface area (Å²) in [6.07, 6.45) is 19.7. The van der Waals surface area contributed by atoms with Crippen molar-refractivity contribution >= 4 is 25.6 Å². The zero-order chi connectivity index (χ0) is 29.2. The third kappa shape index (κ3) is 30.6. The van der Waals surface area contributed by atoms with E-state index in [1.807, 2.05) is 21.1 Å². The molecule has 0 radical (unpaired) electrons. The maximum absolute atomic E-state index is 12.3. The Labute approximate surface area is 244 Å². The van der Waals surface area contributed by atoms with Gasteiger partial charge in [-0.2, -0.15) is 11.8 Å². The number of carbonyl (C=O) groups is 1. The van der Waals surface area contributed by atoms with Crippen molar-refractivity contribution < 1.29 is 37.6 Å². The van der Waals surface area contributed by atoms with Crippen molar-refractivity contribution in [1.29, 1.82) is 0 Å². The largest absolute Gasteiger partial charge is 0.481 e. The minimum Gasteiger partial charge on any atom is -0.481 e. The highest BCUT2D eigenvalue weighted by molar-refractivity contribution is 7.99. The number of quaternary nitrogens is 1. The highest BCUT2D eigenvalue weighted by Gasteiger charge is 2.25. The lowest BCUT2D eigenvalue weighted by molar-refractivity contribution is -0.870. The van der Waals surface area contributed by atoms with Gasteiger partial charge < -0.3 is 19.2 Å². The second-order valence-corrected chi connectivity index (χ2v) is 14.2. The van der Waals surface area contributed by atoms with Crippen molar-refractivity contribution in [2.75, 3.05) is 59.0 Å². The van der Waals surface area contributed by atoms with Crippen LogP contribution in [-0.4, -0.2) is 85.6 Å². The van der Waals surface area contributed by atoms with Crippen molar-refractivity contribution in [3.63, 3.8) is 0 Å². The van der Waals surface area contributed by atoms with Crippen molar-refractivity contribution in [3.05, 3.63) is 0 Å². The minimum absolute atomic E-state index is 0.0250. The zero-order valence-electron chi connectivity index (χ0n) is 25.6. The number of thioether (sulfide) groups is 1. The van der Waals surface area contributed by atoms with Crippen LogP contribution >= 0.6 is 19.6 Å². The highest BCUT2D eigenvalue weighted by atomic mass is 32.2. The van der Waals surface area contributed by atoms with Gasteiger partial charge in [0.2, 0.25) is 0 Å². The second-order valence-electron chi connectivity index (χ2n) is 11.6. The molecule has 8 nitrogen and oxygen atoms in total. The van der Waals surface area contributed by atoms with Gasteiger partial charge >= 0.3 is 13.8 Å². The quantitative estimate of drug-likeness (QED) is 0.0493. The summed E-state index contributed by atoms with van der Waals surface area (Å²) in [4.78, 5) is 20.7. The average Bonchev–Trinajstić information content (AvgIpc) is 2.85. The molecule has 0 aliphatic rings. The van der Waals surface area contributed by atoms with Crippen LogP contribution in [-0.2, 0) is 23.1 Å². The van der Waals surface area contributed by atoms with Crippen LogP contribution in [0, 0.1) is 0 Å². The predicted octanol–water partition coefficient (Wildman–Crippen LogP) is 7.68. The Hall–Kier alpha value is -0.150. The molecule has 2 N–H and O–H groups in total. The Bertz CT molecular complexity index is 619. The minimum atomic E-state index is -4.14. The highest BCUT2D eigenvalue weighted by Crippen LogP contribution is 2.43. The summed E-state index contributed by atoms with van der Waals surface area (Å²) < 4.78 is 29.1. The monoisotopic (exact) mass is 598 g/mol. The number of phosphoric acid groups is 1. The average molecular weight is 599 g/mol. The Kier molecular flexibility index (Phi) is 25.5. The fraction of sp³-hybridized carbons (Fsp3) is 0.966. The number of unbranched alkanes of at least 4 members (excludes halogenated alkanes) is 14. The summed E-state index contributed by atoms with van der Waals surface area (Å²) in [6.45, 7) is 3.36. The molecule has 2 unspecified atom stereocenters. The van der Waals surface area contributed by atoms with E-state index in [0.29, 0.717) is 36.2 Å². The third-order valence-electron chi connectivity index (χ3n) is 6.52. The number of ether oxygens (including phenoxy) is 1. The number of hydrogen-bond acceptors (Lipinski definition) is 6. The summed E-state index contributed by atoms with van der Waals surface area (Å²) in [5.74, 6) is 0.870. The Morgan fingerprint density at radius 3 is 1.85 bits per heavy atom. The maximum atomic E-state index is 12.3. The number of rotatable bonds is 30. The van der Waals surface area contributed by atoms with Crippen molar-refractivity contribution in [1.82, 2.24) is 0 Å². The number of carboxylic acid groups (broad SMARTS) is 1. The Balaban J connectivity index is 4.02. The van der Waals surface area contributed by atoms with E-state index in [1.54, 1.807) is 11.8 Å². The van der Waals surface area contributed by atoms with E-state index >= 15 is 0 Å². The van der Waals surface area contributed by atoms with Crippen LogP contribution in [0.15, 0.2) is 0 Å². The smallest absolute Gasteiger partial charge is 0.472 e. The van der Waals surface area contributed by atoms with Crippen molar-refractivity contribution in [2.24, 2.45) is 0 Å². The van der Waals surface area contributed by atoms with Crippen LogP contribution in [0.4, 0.5) is 0 Å². The van der Waals surface area contributed by atoms with E-state index in [-0.39, 0.29) is 25.7 Å². The van der Waals surface area contributed by atoms with Crippen LogP contribution in [0.3, 0.4) is 0 Å². The van der Waals surface area contributed by atoms with Gasteiger partial charge in [-0.15, -0.1) is 0 Å². The molecule has 39 heavy (non-hydrogen) atoms. The molecule has 0 saturated heterocycles. The lowest BCUT2D eigenvalue weighted by Gasteiger charge is -2.24. The molecule has 0 bridgehead atoms. The van der Waals surface area contributed by atoms with Crippen molar-refractivity contribution in [2.45, 2.75) is 122 Å². The number of aliphatic carboxylic acids is 1. The summed E-state index contributed by atoms with van der Waals surface area (Å²) >= 11 is 1.77. The molecule has 10 heteroatoms. The SMILES string of the molecule is CCCCCCCCCCCCCCCCSCC(COP(=O)(O)OCC[N+](C)(C)C)OCCCCC(=O)O. The van der Waals surface area contributed by atoms with Gasteiger partial charge in [0.1, 0.15) is 13.2 Å². The van der Waals surface area contributed by atoms with Gasteiger partial charge in [0, 0.05) is 18.8 Å². The molecule has 0 aromatic carbocycles. The van der Waals surface area contributed by atoms with E-state index in [4.69, 9.17) is 18.9 Å². The van der Waals surface area contributed by atoms with E-state index in [9.17, 15) is 14.3 Å². The van der Waals surface area contributed by atoms with Crippen molar-refractivity contribution in [3.8, 4) is 0 Å². The maximum Gasteiger partial charge on any atom is 0.472 e. The molecule has 0 saturated carbocycles. The molecular weight excluding hydrogens is 537 g/mol. The normalized spacial score (nSPS) is 14.4. The number of carboxylic acids is 1.